The van der Waals surface area contributed by atoms with E-state index in [-0.39, 0.29) is 0 Å². The molecule has 0 aromatic carbocycles. The van der Waals surface area contributed by atoms with E-state index in [1.807, 2.05) is 0 Å². The third-order valence-corrected chi connectivity index (χ3v) is 5.45. The van der Waals surface area contributed by atoms with Crippen LogP contribution in [-0.4, -0.2) is 15.8 Å². The number of nitrogens with zero attached hydrogens (tertiary/aromatic N) is 2. The maximum Gasteiger partial charge on any atom is 0.139 e. The molecule has 1 aliphatic carbocycles. The van der Waals surface area contributed by atoms with Crippen LogP contribution in [0, 0.1) is 5.92 Å². The predicted molar refractivity (Wildman–Crippen MR) is 82.6 cm³/mol. The van der Waals surface area contributed by atoms with Gasteiger partial charge in [-0.1, -0.05) is 32.1 Å². The Kier molecular flexibility index (Phi) is 3.88. The summed E-state index contributed by atoms with van der Waals surface area (Å²) in [7, 11) is 0. The zero-order chi connectivity index (χ0) is 13.4. The van der Waals surface area contributed by atoms with E-state index in [0.29, 0.717) is 12.1 Å². The molecule has 3 rings (SSSR count). The summed E-state index contributed by atoms with van der Waals surface area (Å²) in [6.45, 7) is 4.52. The number of rotatable bonds is 2. The molecule has 1 aromatic rings. The predicted octanol–water partition coefficient (Wildman–Crippen LogP) is 4.53. The topological polar surface area (TPSA) is 29.9 Å². The monoisotopic (exact) mass is 325 g/mol. The highest BCUT2D eigenvalue weighted by Crippen LogP contribution is 2.37. The van der Waals surface area contributed by atoms with Gasteiger partial charge >= 0.3 is 0 Å². The highest BCUT2D eigenvalue weighted by Gasteiger charge is 2.27. The van der Waals surface area contributed by atoms with Gasteiger partial charge in [-0.25, -0.2) is 4.68 Å². The van der Waals surface area contributed by atoms with Gasteiger partial charge in [0.15, 0.2) is 0 Å². The highest BCUT2D eigenvalue weighted by atomic mass is 79.9. The van der Waals surface area contributed by atoms with Crippen molar-refractivity contribution in [3.05, 3.63) is 10.2 Å². The van der Waals surface area contributed by atoms with Crippen molar-refractivity contribution in [2.75, 3.05) is 5.32 Å². The second kappa shape index (κ2) is 5.47. The molecule has 2 atom stereocenters. The van der Waals surface area contributed by atoms with Crippen molar-refractivity contribution >= 4 is 21.7 Å². The fraction of sp³-hybridized carbons (Fsp3) is 0.800. The molecule has 3 nitrogen and oxygen atoms in total. The molecular formula is C15H24BrN3. The molecule has 2 unspecified atom stereocenters. The number of aromatic nitrogens is 2. The third kappa shape index (κ3) is 2.69. The lowest BCUT2D eigenvalue weighted by atomic mass is 9.86. The van der Waals surface area contributed by atoms with Crippen LogP contribution in [0.15, 0.2) is 4.47 Å². The average molecular weight is 326 g/mol. The van der Waals surface area contributed by atoms with Crippen LogP contribution in [0.5, 0.6) is 0 Å². The Bertz CT molecular complexity index is 448. The van der Waals surface area contributed by atoms with Crippen LogP contribution in [0.3, 0.4) is 0 Å². The first kappa shape index (κ1) is 13.5. The summed E-state index contributed by atoms with van der Waals surface area (Å²) in [6.07, 6.45) is 9.30. The van der Waals surface area contributed by atoms with Gasteiger partial charge in [0.2, 0.25) is 0 Å². The van der Waals surface area contributed by atoms with E-state index in [1.54, 1.807) is 0 Å². The van der Waals surface area contributed by atoms with Gasteiger partial charge < -0.3 is 5.32 Å². The molecule has 0 spiro atoms. The molecule has 1 N–H and O–H groups in total. The molecule has 106 valence electrons. The molecular weight excluding hydrogens is 302 g/mol. The standard InChI is InChI=1S/C15H24BrN3/c1-10-8-11(2)19-15(17-10)14(16)13(18-19)9-12-6-4-3-5-7-12/h10-12,17H,3-9H2,1-2H3. The summed E-state index contributed by atoms with van der Waals surface area (Å²) in [4.78, 5) is 0. The van der Waals surface area contributed by atoms with Crippen molar-refractivity contribution in [1.29, 1.82) is 0 Å². The minimum Gasteiger partial charge on any atom is -0.367 e. The van der Waals surface area contributed by atoms with Gasteiger partial charge in [-0.2, -0.15) is 5.10 Å². The SMILES string of the molecule is CC1CC(C)n2nc(CC3CCCCC3)c(Br)c2N1. The summed E-state index contributed by atoms with van der Waals surface area (Å²) >= 11 is 3.77. The first-order valence-electron chi connectivity index (χ1n) is 7.68. The Hall–Kier alpha value is -0.510. The minimum atomic E-state index is 0.502. The Morgan fingerprint density at radius 2 is 2.00 bits per heavy atom. The first-order chi connectivity index (χ1) is 9.15. The van der Waals surface area contributed by atoms with Gasteiger partial charge in [0.1, 0.15) is 5.82 Å². The highest BCUT2D eigenvalue weighted by molar-refractivity contribution is 9.10. The van der Waals surface area contributed by atoms with Crippen LogP contribution in [0.25, 0.3) is 0 Å². The molecule has 0 saturated heterocycles. The smallest absolute Gasteiger partial charge is 0.139 e. The van der Waals surface area contributed by atoms with Crippen molar-refractivity contribution in [1.82, 2.24) is 9.78 Å². The van der Waals surface area contributed by atoms with E-state index >= 15 is 0 Å². The molecule has 1 saturated carbocycles. The Labute approximate surface area is 124 Å². The fourth-order valence-electron chi connectivity index (χ4n) is 3.61. The van der Waals surface area contributed by atoms with E-state index in [0.717, 1.165) is 18.8 Å². The van der Waals surface area contributed by atoms with E-state index in [9.17, 15) is 0 Å². The van der Waals surface area contributed by atoms with Gasteiger partial charge in [-0.15, -0.1) is 0 Å². The summed E-state index contributed by atoms with van der Waals surface area (Å²) in [6, 6.07) is 1.04. The summed E-state index contributed by atoms with van der Waals surface area (Å²) < 4.78 is 3.39. The van der Waals surface area contributed by atoms with Crippen LogP contribution in [0.1, 0.15) is 64.1 Å². The fourth-order valence-corrected chi connectivity index (χ4v) is 4.15. The quantitative estimate of drug-likeness (QED) is 0.865. The second-order valence-corrected chi connectivity index (χ2v) is 7.19. The van der Waals surface area contributed by atoms with Crippen molar-refractivity contribution in [3.63, 3.8) is 0 Å². The van der Waals surface area contributed by atoms with E-state index in [4.69, 9.17) is 5.10 Å². The zero-order valence-electron chi connectivity index (χ0n) is 12.0. The number of fused-ring (bicyclic) bond motifs is 1. The normalized spacial score (nSPS) is 27.9. The Morgan fingerprint density at radius 1 is 1.26 bits per heavy atom. The molecule has 0 radical (unpaired) electrons. The van der Waals surface area contributed by atoms with E-state index in [2.05, 4.69) is 39.8 Å². The Balaban J connectivity index is 1.81. The van der Waals surface area contributed by atoms with Crippen molar-refractivity contribution < 1.29 is 0 Å². The maximum absolute atomic E-state index is 4.87. The lowest BCUT2D eigenvalue weighted by molar-refractivity contribution is 0.350. The van der Waals surface area contributed by atoms with Crippen LogP contribution < -0.4 is 5.32 Å². The van der Waals surface area contributed by atoms with Gasteiger partial charge in [0, 0.05) is 6.04 Å². The molecule has 2 aliphatic rings. The zero-order valence-corrected chi connectivity index (χ0v) is 13.5. The number of hydrogen-bond donors (Lipinski definition) is 1. The van der Waals surface area contributed by atoms with Crippen LogP contribution in [0.2, 0.25) is 0 Å². The lowest BCUT2D eigenvalue weighted by Gasteiger charge is -2.28. The van der Waals surface area contributed by atoms with Gasteiger partial charge in [-0.05, 0) is 48.5 Å². The largest absolute Gasteiger partial charge is 0.367 e. The molecule has 19 heavy (non-hydrogen) atoms. The van der Waals surface area contributed by atoms with Crippen molar-refractivity contribution in [2.45, 2.75) is 70.9 Å². The molecule has 1 fully saturated rings. The average Bonchev–Trinajstić information content (AvgIpc) is 2.69. The van der Waals surface area contributed by atoms with Gasteiger partial charge in [-0.3, -0.25) is 0 Å². The van der Waals surface area contributed by atoms with E-state index in [1.165, 1.54) is 48.1 Å². The van der Waals surface area contributed by atoms with Crippen LogP contribution >= 0.6 is 15.9 Å². The first-order valence-corrected chi connectivity index (χ1v) is 8.48. The molecule has 2 heterocycles. The summed E-state index contributed by atoms with van der Waals surface area (Å²) in [5, 5.41) is 8.44. The third-order valence-electron chi connectivity index (χ3n) is 4.62. The van der Waals surface area contributed by atoms with Gasteiger partial charge in [0.25, 0.3) is 0 Å². The molecule has 4 heteroatoms. The minimum absolute atomic E-state index is 0.502. The summed E-state index contributed by atoms with van der Waals surface area (Å²) in [5.74, 6) is 2.03. The van der Waals surface area contributed by atoms with E-state index < -0.39 is 0 Å². The summed E-state index contributed by atoms with van der Waals surface area (Å²) in [5.41, 5.74) is 1.26. The Morgan fingerprint density at radius 3 is 2.74 bits per heavy atom. The molecule has 1 aliphatic heterocycles. The number of halogens is 1. The van der Waals surface area contributed by atoms with Crippen LogP contribution in [0.4, 0.5) is 5.82 Å². The number of hydrogen-bond acceptors (Lipinski definition) is 2. The van der Waals surface area contributed by atoms with Crippen LogP contribution in [-0.2, 0) is 6.42 Å². The number of anilines is 1. The molecule has 0 amide bonds. The van der Waals surface area contributed by atoms with Gasteiger partial charge in [0.05, 0.1) is 16.2 Å². The van der Waals surface area contributed by atoms with Crippen molar-refractivity contribution in [3.8, 4) is 0 Å². The lowest BCUT2D eigenvalue weighted by Crippen LogP contribution is -2.28. The molecule has 0 bridgehead atoms. The maximum atomic E-state index is 4.87. The second-order valence-electron chi connectivity index (χ2n) is 6.39. The van der Waals surface area contributed by atoms with Crippen molar-refractivity contribution in [2.24, 2.45) is 5.92 Å². The number of nitrogens with one attached hydrogen (secondary N) is 1. The molecule has 1 aromatic heterocycles.